The van der Waals surface area contributed by atoms with Crippen LogP contribution in [-0.2, 0) is 10.2 Å². The van der Waals surface area contributed by atoms with E-state index in [2.05, 4.69) is 0 Å². The van der Waals surface area contributed by atoms with Gasteiger partial charge in [-0.3, -0.25) is 4.79 Å². The van der Waals surface area contributed by atoms with E-state index in [1.165, 1.54) is 0 Å². The second-order valence-electron chi connectivity index (χ2n) is 4.14. The zero-order chi connectivity index (χ0) is 11.2. The molecule has 1 aromatic rings. The van der Waals surface area contributed by atoms with Crippen LogP contribution >= 0.6 is 0 Å². The van der Waals surface area contributed by atoms with Crippen molar-refractivity contribution in [1.82, 2.24) is 0 Å². The average Bonchev–Trinajstić information content (AvgIpc) is 2.84. The summed E-state index contributed by atoms with van der Waals surface area (Å²) in [4.78, 5) is 10.7. The van der Waals surface area contributed by atoms with Crippen LogP contribution in [0.2, 0.25) is 0 Å². The Labute approximate surface area is 85.5 Å². The van der Waals surface area contributed by atoms with Crippen LogP contribution in [0.4, 0.5) is 8.78 Å². The van der Waals surface area contributed by atoms with Gasteiger partial charge in [-0.15, -0.1) is 0 Å². The predicted octanol–water partition coefficient (Wildman–Crippen LogP) is 2.33. The van der Waals surface area contributed by atoms with Gasteiger partial charge in [0.2, 0.25) is 0 Å². The van der Waals surface area contributed by atoms with Gasteiger partial charge in [-0.25, -0.2) is 8.78 Å². The van der Waals surface area contributed by atoms with E-state index in [-0.39, 0.29) is 5.56 Å². The summed E-state index contributed by atoms with van der Waals surface area (Å²) in [6.07, 6.45) is 0.364. The molecule has 4 heteroatoms. The Morgan fingerprint density at radius 2 is 2.20 bits per heavy atom. The molecule has 2 atom stereocenters. The fraction of sp³-hybridized carbons (Fsp3) is 0.364. The van der Waals surface area contributed by atoms with Gasteiger partial charge >= 0.3 is 5.97 Å². The second kappa shape index (κ2) is 3.02. The Morgan fingerprint density at radius 1 is 1.53 bits per heavy atom. The van der Waals surface area contributed by atoms with Gasteiger partial charge in [-0.2, -0.15) is 0 Å². The van der Waals surface area contributed by atoms with Gasteiger partial charge < -0.3 is 5.11 Å². The van der Waals surface area contributed by atoms with Crippen molar-refractivity contribution in [2.45, 2.75) is 18.8 Å². The Balaban J connectivity index is 2.39. The summed E-state index contributed by atoms with van der Waals surface area (Å²) in [7, 11) is 0. The molecule has 0 spiro atoms. The quantitative estimate of drug-likeness (QED) is 0.816. The van der Waals surface area contributed by atoms with Crippen LogP contribution in [0.25, 0.3) is 0 Å². The zero-order valence-corrected chi connectivity index (χ0v) is 8.13. The fourth-order valence-electron chi connectivity index (χ4n) is 1.96. The van der Waals surface area contributed by atoms with Crippen molar-refractivity contribution in [3.8, 4) is 0 Å². The molecule has 1 aliphatic rings. The van der Waals surface area contributed by atoms with Crippen LogP contribution in [0.5, 0.6) is 0 Å². The molecule has 15 heavy (non-hydrogen) atoms. The van der Waals surface area contributed by atoms with E-state index in [9.17, 15) is 13.6 Å². The first-order valence-corrected chi connectivity index (χ1v) is 4.63. The minimum absolute atomic E-state index is 0.162. The van der Waals surface area contributed by atoms with Gasteiger partial charge in [0.25, 0.3) is 0 Å². The molecule has 0 saturated heterocycles. The van der Waals surface area contributed by atoms with Gasteiger partial charge in [-0.05, 0) is 30.2 Å². The highest BCUT2D eigenvalue weighted by molar-refractivity contribution is 5.77. The van der Waals surface area contributed by atoms with E-state index < -0.39 is 28.9 Å². The van der Waals surface area contributed by atoms with E-state index in [0.29, 0.717) is 6.42 Å². The van der Waals surface area contributed by atoms with Crippen LogP contribution in [0.1, 0.15) is 18.9 Å². The van der Waals surface area contributed by atoms with E-state index in [4.69, 9.17) is 5.11 Å². The molecule has 0 aromatic heterocycles. The molecule has 0 radical (unpaired) electrons. The van der Waals surface area contributed by atoms with Crippen LogP contribution in [0.3, 0.4) is 0 Å². The van der Waals surface area contributed by atoms with Gasteiger partial charge in [0, 0.05) is 5.41 Å². The molecule has 0 aliphatic heterocycles. The maximum atomic E-state index is 13.4. The van der Waals surface area contributed by atoms with Crippen LogP contribution in [-0.4, -0.2) is 11.1 Å². The van der Waals surface area contributed by atoms with E-state index in [0.717, 1.165) is 18.2 Å². The molecule has 0 heterocycles. The molecule has 80 valence electrons. The summed E-state index contributed by atoms with van der Waals surface area (Å²) in [5.41, 5.74) is -0.590. The molecular formula is C11H10F2O2. The number of benzene rings is 1. The normalized spacial score (nSPS) is 28.9. The number of aliphatic carboxylic acids is 1. The largest absolute Gasteiger partial charge is 0.481 e. The Morgan fingerprint density at radius 3 is 2.73 bits per heavy atom. The van der Waals surface area contributed by atoms with Crippen LogP contribution in [0, 0.1) is 17.6 Å². The highest BCUT2D eigenvalue weighted by Gasteiger charge is 2.57. The van der Waals surface area contributed by atoms with Gasteiger partial charge in [0.05, 0.1) is 5.92 Å². The third-order valence-corrected chi connectivity index (χ3v) is 3.08. The monoisotopic (exact) mass is 212 g/mol. The topological polar surface area (TPSA) is 37.3 Å². The van der Waals surface area contributed by atoms with Gasteiger partial charge in [0.15, 0.2) is 0 Å². The minimum atomic E-state index is -0.957. The lowest BCUT2D eigenvalue weighted by Crippen LogP contribution is -2.13. The smallest absolute Gasteiger partial charge is 0.307 e. The van der Waals surface area contributed by atoms with Crippen molar-refractivity contribution < 1.29 is 18.7 Å². The third kappa shape index (κ3) is 1.50. The minimum Gasteiger partial charge on any atom is -0.481 e. The summed E-state index contributed by atoms with van der Waals surface area (Å²) in [5.74, 6) is -2.64. The number of carbonyl (C=O) groups is 1. The third-order valence-electron chi connectivity index (χ3n) is 3.08. The number of carboxylic acids is 1. The molecule has 2 nitrogen and oxygen atoms in total. The molecule has 1 saturated carbocycles. The Kier molecular flexibility index (Phi) is 2.03. The number of hydrogen-bond acceptors (Lipinski definition) is 1. The van der Waals surface area contributed by atoms with Crippen molar-refractivity contribution in [2.24, 2.45) is 5.92 Å². The first kappa shape index (κ1) is 10.1. The summed E-state index contributed by atoms with van der Waals surface area (Å²) in [6.45, 7) is 1.64. The van der Waals surface area contributed by atoms with Crippen molar-refractivity contribution >= 4 is 5.97 Å². The first-order valence-electron chi connectivity index (χ1n) is 4.63. The molecule has 0 amide bonds. The highest BCUT2D eigenvalue weighted by Crippen LogP contribution is 2.54. The standard InChI is InChI=1S/C11H10F2O2/c1-11(5-8(11)10(14)15)7-4-6(12)2-3-9(7)13/h2-4,8H,5H2,1H3,(H,14,15). The first-order chi connectivity index (χ1) is 6.95. The zero-order valence-electron chi connectivity index (χ0n) is 8.13. The van der Waals surface area contributed by atoms with Gasteiger partial charge in [-0.1, -0.05) is 6.92 Å². The van der Waals surface area contributed by atoms with E-state index in [1.54, 1.807) is 6.92 Å². The summed E-state index contributed by atoms with van der Waals surface area (Å²) >= 11 is 0. The number of hydrogen-bond donors (Lipinski definition) is 1. The van der Waals surface area contributed by atoms with E-state index >= 15 is 0 Å². The number of rotatable bonds is 2. The molecule has 0 bridgehead atoms. The van der Waals surface area contributed by atoms with Gasteiger partial charge in [0.1, 0.15) is 11.6 Å². The average molecular weight is 212 g/mol. The number of halogens is 2. The molecule has 2 rings (SSSR count). The Hall–Kier alpha value is -1.45. The van der Waals surface area contributed by atoms with Crippen molar-refractivity contribution in [1.29, 1.82) is 0 Å². The molecule has 2 unspecified atom stereocenters. The Bertz CT molecular complexity index is 431. The molecule has 1 aromatic carbocycles. The molecule has 1 N–H and O–H groups in total. The van der Waals surface area contributed by atoms with Crippen LogP contribution in [0.15, 0.2) is 18.2 Å². The number of carboxylic acid groups (broad SMARTS) is 1. The maximum Gasteiger partial charge on any atom is 0.307 e. The second-order valence-corrected chi connectivity index (χ2v) is 4.14. The van der Waals surface area contributed by atoms with E-state index in [1.807, 2.05) is 0 Å². The summed E-state index contributed by atoms with van der Waals surface area (Å²) in [5, 5.41) is 8.79. The lowest BCUT2D eigenvalue weighted by Gasteiger charge is -2.11. The predicted molar refractivity (Wildman–Crippen MR) is 49.5 cm³/mol. The lowest BCUT2D eigenvalue weighted by molar-refractivity contribution is -0.138. The lowest BCUT2D eigenvalue weighted by atomic mass is 9.95. The molecular weight excluding hydrogens is 202 g/mol. The molecule has 1 aliphatic carbocycles. The van der Waals surface area contributed by atoms with Crippen molar-refractivity contribution in [2.75, 3.05) is 0 Å². The van der Waals surface area contributed by atoms with Crippen LogP contribution < -0.4 is 0 Å². The maximum absolute atomic E-state index is 13.4. The summed E-state index contributed by atoms with van der Waals surface area (Å²) in [6, 6.07) is 3.14. The summed E-state index contributed by atoms with van der Waals surface area (Å²) < 4.78 is 26.3. The van der Waals surface area contributed by atoms with Crippen molar-refractivity contribution in [3.05, 3.63) is 35.4 Å². The SMILES string of the molecule is CC1(c2cc(F)ccc2F)CC1C(=O)O. The highest BCUT2D eigenvalue weighted by atomic mass is 19.1. The van der Waals surface area contributed by atoms with Crippen molar-refractivity contribution in [3.63, 3.8) is 0 Å². The fourth-order valence-corrected chi connectivity index (χ4v) is 1.96. The molecule has 1 fully saturated rings.